The van der Waals surface area contributed by atoms with Crippen LogP contribution >= 0.6 is 22.6 Å². The lowest BCUT2D eigenvalue weighted by Crippen LogP contribution is -2.41. The number of halogens is 1. The molecule has 92 valence electrons. The Morgan fingerprint density at radius 1 is 1.00 bits per heavy atom. The van der Waals surface area contributed by atoms with Crippen molar-refractivity contribution in [1.29, 1.82) is 0 Å². The third-order valence-electron chi connectivity index (χ3n) is 2.24. The lowest BCUT2D eigenvalue weighted by atomic mass is 10.2. The molecule has 0 spiro atoms. The van der Waals surface area contributed by atoms with Crippen LogP contribution in [0.3, 0.4) is 0 Å². The van der Waals surface area contributed by atoms with E-state index < -0.39 is 0 Å². The largest absolute Gasteiger partial charge is 0.357 e. The van der Waals surface area contributed by atoms with Crippen molar-refractivity contribution in [2.45, 2.75) is 0 Å². The van der Waals surface area contributed by atoms with E-state index in [9.17, 15) is 9.59 Å². The Hall–Kier alpha value is -1.83. The Morgan fingerprint density at radius 2 is 1.67 bits per heavy atom. The van der Waals surface area contributed by atoms with Gasteiger partial charge in [0.1, 0.15) is 5.69 Å². The minimum Gasteiger partial charge on any atom is -0.357 e. The van der Waals surface area contributed by atoms with E-state index in [1.807, 2.05) is 12.1 Å². The van der Waals surface area contributed by atoms with Crippen molar-refractivity contribution in [2.24, 2.45) is 0 Å². The normalized spacial score (nSPS) is 9.83. The standard InChI is InChI=1S/C12H10IN3O2/c13-9-5-3-8(4-6-9)11(17)15-16-12(18)10-2-1-7-14-10/h1-7,14H,(H,15,17)(H,16,18). The van der Waals surface area contributed by atoms with Crippen LogP contribution in [0.25, 0.3) is 0 Å². The molecule has 18 heavy (non-hydrogen) atoms. The molecule has 0 radical (unpaired) electrons. The van der Waals surface area contributed by atoms with E-state index in [4.69, 9.17) is 0 Å². The van der Waals surface area contributed by atoms with Crippen LogP contribution < -0.4 is 10.9 Å². The summed E-state index contributed by atoms with van der Waals surface area (Å²) in [5.74, 6) is -0.745. The molecule has 0 bridgehead atoms. The molecule has 1 heterocycles. The van der Waals surface area contributed by atoms with Crippen molar-refractivity contribution in [3.05, 3.63) is 57.4 Å². The minimum atomic E-state index is -0.390. The second kappa shape index (κ2) is 5.67. The molecule has 5 nitrogen and oxygen atoms in total. The Kier molecular flexibility index (Phi) is 3.98. The first kappa shape index (κ1) is 12.6. The van der Waals surface area contributed by atoms with E-state index in [1.165, 1.54) is 0 Å². The number of amides is 2. The average Bonchev–Trinajstić information content (AvgIpc) is 2.90. The molecular formula is C12H10IN3O2. The van der Waals surface area contributed by atoms with Gasteiger partial charge in [-0.3, -0.25) is 20.4 Å². The quantitative estimate of drug-likeness (QED) is 0.567. The van der Waals surface area contributed by atoms with Gasteiger partial charge in [-0.1, -0.05) is 0 Å². The predicted molar refractivity (Wildman–Crippen MR) is 74.9 cm³/mol. The topological polar surface area (TPSA) is 74.0 Å². The van der Waals surface area contributed by atoms with Gasteiger partial charge in [-0.2, -0.15) is 0 Å². The molecule has 0 aliphatic carbocycles. The molecule has 1 aromatic carbocycles. The fraction of sp³-hybridized carbons (Fsp3) is 0. The summed E-state index contributed by atoms with van der Waals surface area (Å²) >= 11 is 2.15. The summed E-state index contributed by atoms with van der Waals surface area (Å²) in [5, 5.41) is 0. The first-order valence-electron chi connectivity index (χ1n) is 5.16. The highest BCUT2D eigenvalue weighted by Gasteiger charge is 2.08. The third kappa shape index (κ3) is 3.10. The molecule has 0 unspecified atom stereocenters. The number of H-pyrrole nitrogens is 1. The molecule has 0 fully saturated rings. The van der Waals surface area contributed by atoms with Gasteiger partial charge in [0.15, 0.2) is 0 Å². The molecule has 0 aliphatic heterocycles. The number of carbonyl (C=O) groups is 2. The van der Waals surface area contributed by atoms with Crippen LogP contribution in [0.15, 0.2) is 42.6 Å². The summed E-state index contributed by atoms with van der Waals surface area (Å²) in [7, 11) is 0. The maximum atomic E-state index is 11.7. The van der Waals surface area contributed by atoms with Crippen LogP contribution in [-0.4, -0.2) is 16.8 Å². The highest BCUT2D eigenvalue weighted by Crippen LogP contribution is 2.06. The van der Waals surface area contributed by atoms with Crippen LogP contribution in [0, 0.1) is 3.57 Å². The number of hydrazine groups is 1. The van der Waals surface area contributed by atoms with Crippen molar-refractivity contribution in [3.8, 4) is 0 Å². The number of aromatic amines is 1. The number of carbonyl (C=O) groups excluding carboxylic acids is 2. The molecule has 2 rings (SSSR count). The first-order chi connectivity index (χ1) is 8.66. The fourth-order valence-corrected chi connectivity index (χ4v) is 1.69. The summed E-state index contributed by atoms with van der Waals surface area (Å²) in [5.41, 5.74) is 5.55. The average molecular weight is 355 g/mol. The molecule has 2 aromatic rings. The summed E-state index contributed by atoms with van der Waals surface area (Å²) in [6, 6.07) is 10.3. The second-order valence-electron chi connectivity index (χ2n) is 3.50. The Bertz CT molecular complexity index is 549. The summed E-state index contributed by atoms with van der Waals surface area (Å²) in [6.45, 7) is 0. The fourth-order valence-electron chi connectivity index (χ4n) is 1.33. The third-order valence-corrected chi connectivity index (χ3v) is 2.96. The Morgan fingerprint density at radius 3 is 2.28 bits per heavy atom. The van der Waals surface area contributed by atoms with Crippen molar-refractivity contribution < 1.29 is 9.59 Å². The zero-order valence-electron chi connectivity index (χ0n) is 9.24. The van der Waals surface area contributed by atoms with Gasteiger partial charge >= 0.3 is 0 Å². The van der Waals surface area contributed by atoms with Gasteiger partial charge in [0.25, 0.3) is 11.8 Å². The van der Waals surface area contributed by atoms with Crippen molar-refractivity contribution in [3.63, 3.8) is 0 Å². The molecule has 0 saturated carbocycles. The molecule has 0 saturated heterocycles. The smallest absolute Gasteiger partial charge is 0.286 e. The maximum absolute atomic E-state index is 11.7. The zero-order chi connectivity index (χ0) is 13.0. The number of aromatic nitrogens is 1. The number of nitrogens with one attached hydrogen (secondary N) is 3. The molecular weight excluding hydrogens is 345 g/mol. The molecule has 0 atom stereocenters. The van der Waals surface area contributed by atoms with Crippen molar-refractivity contribution in [2.75, 3.05) is 0 Å². The van der Waals surface area contributed by atoms with E-state index in [-0.39, 0.29) is 11.8 Å². The Labute approximate surface area is 117 Å². The molecule has 1 aromatic heterocycles. The van der Waals surface area contributed by atoms with Gasteiger partial charge < -0.3 is 4.98 Å². The summed E-state index contributed by atoms with van der Waals surface area (Å²) in [6.07, 6.45) is 1.63. The van der Waals surface area contributed by atoms with E-state index >= 15 is 0 Å². The minimum absolute atomic E-state index is 0.355. The van der Waals surface area contributed by atoms with E-state index in [2.05, 4.69) is 38.4 Å². The monoisotopic (exact) mass is 355 g/mol. The SMILES string of the molecule is O=C(NNC(=O)c1ccc[nH]1)c1ccc(I)cc1. The summed E-state index contributed by atoms with van der Waals surface area (Å²) < 4.78 is 1.04. The predicted octanol–water partition coefficient (Wildman–Crippen LogP) is 1.69. The van der Waals surface area contributed by atoms with E-state index in [1.54, 1.807) is 30.5 Å². The Balaban J connectivity index is 1.92. The van der Waals surface area contributed by atoms with Gasteiger partial charge in [0.2, 0.25) is 0 Å². The molecule has 3 N–H and O–H groups in total. The van der Waals surface area contributed by atoms with Crippen LogP contribution in [0.5, 0.6) is 0 Å². The number of benzene rings is 1. The number of hydrogen-bond acceptors (Lipinski definition) is 2. The van der Waals surface area contributed by atoms with Crippen molar-refractivity contribution in [1.82, 2.24) is 15.8 Å². The van der Waals surface area contributed by atoms with E-state index in [0.29, 0.717) is 11.3 Å². The van der Waals surface area contributed by atoms with Gasteiger partial charge in [-0.05, 0) is 59.0 Å². The van der Waals surface area contributed by atoms with Crippen LogP contribution in [-0.2, 0) is 0 Å². The van der Waals surface area contributed by atoms with Gasteiger partial charge in [-0.25, -0.2) is 0 Å². The van der Waals surface area contributed by atoms with Crippen LogP contribution in [0.2, 0.25) is 0 Å². The van der Waals surface area contributed by atoms with Gasteiger partial charge in [-0.15, -0.1) is 0 Å². The van der Waals surface area contributed by atoms with Gasteiger partial charge in [0.05, 0.1) is 0 Å². The molecule has 2 amide bonds. The zero-order valence-corrected chi connectivity index (χ0v) is 11.4. The molecule has 6 heteroatoms. The van der Waals surface area contributed by atoms with Crippen LogP contribution in [0.4, 0.5) is 0 Å². The number of hydrogen-bond donors (Lipinski definition) is 3. The summed E-state index contributed by atoms with van der Waals surface area (Å²) in [4.78, 5) is 26.0. The number of rotatable bonds is 2. The lowest BCUT2D eigenvalue weighted by Gasteiger charge is -2.06. The highest BCUT2D eigenvalue weighted by atomic mass is 127. The second-order valence-corrected chi connectivity index (χ2v) is 4.74. The maximum Gasteiger partial charge on any atom is 0.286 e. The lowest BCUT2D eigenvalue weighted by molar-refractivity contribution is 0.0844. The van der Waals surface area contributed by atoms with Crippen LogP contribution in [0.1, 0.15) is 20.8 Å². The first-order valence-corrected chi connectivity index (χ1v) is 6.24. The highest BCUT2D eigenvalue weighted by molar-refractivity contribution is 14.1. The van der Waals surface area contributed by atoms with E-state index in [0.717, 1.165) is 3.57 Å². The van der Waals surface area contributed by atoms with Gasteiger partial charge in [0, 0.05) is 15.3 Å². The molecule has 0 aliphatic rings. The van der Waals surface area contributed by atoms with Crippen molar-refractivity contribution >= 4 is 34.4 Å².